The van der Waals surface area contributed by atoms with E-state index in [2.05, 4.69) is 44.9 Å². The van der Waals surface area contributed by atoms with Crippen LogP contribution >= 0.6 is 0 Å². The van der Waals surface area contributed by atoms with Crippen LogP contribution in [0.1, 0.15) is 71.1 Å². The Morgan fingerprint density at radius 2 is 0.960 bits per heavy atom. The van der Waals surface area contributed by atoms with Crippen LogP contribution in [-0.2, 0) is 4.74 Å². The van der Waals surface area contributed by atoms with Crippen molar-refractivity contribution in [3.8, 4) is 0 Å². The van der Waals surface area contributed by atoms with Crippen LogP contribution in [0.3, 0.4) is 0 Å². The van der Waals surface area contributed by atoms with Gasteiger partial charge in [0.05, 0.1) is 12.2 Å². The summed E-state index contributed by atoms with van der Waals surface area (Å²) in [4.78, 5) is 4.85. The first-order valence-electron chi connectivity index (χ1n) is 10.9. The number of rotatable bonds is 4. The zero-order chi connectivity index (χ0) is 18.0. The van der Waals surface area contributed by atoms with E-state index in [1.165, 1.54) is 64.2 Å². The minimum Gasteiger partial charge on any atom is -0.374 e. The maximum Gasteiger partial charge on any atom is 0.0609 e. The Kier molecular flexibility index (Phi) is 6.84. The second-order valence-electron chi connectivity index (χ2n) is 9.85. The van der Waals surface area contributed by atoms with Gasteiger partial charge in [0.25, 0.3) is 0 Å². The molecule has 3 aliphatic rings. The Labute approximate surface area is 156 Å². The highest BCUT2D eigenvalue weighted by Gasteiger charge is 2.38. The second-order valence-corrected chi connectivity index (χ2v) is 9.85. The Balaban J connectivity index is 1.52. The van der Waals surface area contributed by atoms with E-state index in [-0.39, 0.29) is 0 Å². The van der Waals surface area contributed by atoms with E-state index in [9.17, 15) is 0 Å². The molecule has 0 aromatic rings. The first kappa shape index (κ1) is 19.6. The average molecular weight is 351 g/mol. The lowest BCUT2D eigenvalue weighted by atomic mass is 9.74. The zero-order valence-corrected chi connectivity index (χ0v) is 17.4. The molecule has 3 fully saturated rings. The van der Waals surface area contributed by atoms with Crippen molar-refractivity contribution >= 4 is 0 Å². The highest BCUT2D eigenvalue weighted by molar-refractivity contribution is 4.89. The molecule has 2 saturated carbocycles. The van der Waals surface area contributed by atoms with E-state index < -0.39 is 0 Å². The second kappa shape index (κ2) is 8.71. The van der Waals surface area contributed by atoms with Crippen molar-refractivity contribution in [1.29, 1.82) is 0 Å². The summed E-state index contributed by atoms with van der Waals surface area (Å²) in [6, 6.07) is 1.60. The molecule has 25 heavy (non-hydrogen) atoms. The normalized spacial score (nSPS) is 43.6. The van der Waals surface area contributed by atoms with Gasteiger partial charge in [0.2, 0.25) is 0 Å². The van der Waals surface area contributed by atoms with Crippen molar-refractivity contribution in [2.45, 2.75) is 95.4 Å². The highest BCUT2D eigenvalue weighted by atomic mass is 16.5. The van der Waals surface area contributed by atoms with Gasteiger partial charge in [0, 0.05) is 12.1 Å². The molecule has 1 heterocycles. The lowest BCUT2D eigenvalue weighted by molar-refractivity contribution is -0.129. The molecule has 0 amide bonds. The van der Waals surface area contributed by atoms with Crippen LogP contribution in [0.25, 0.3) is 0 Å². The zero-order valence-electron chi connectivity index (χ0n) is 17.4. The fraction of sp³-hybridized carbons (Fsp3) is 1.00. The highest BCUT2D eigenvalue weighted by Crippen LogP contribution is 2.41. The monoisotopic (exact) mass is 350 g/mol. The Bertz CT molecular complexity index is 359. The minimum atomic E-state index is 0.545. The standard InChI is InChI=1S/C22H42N2O/c1-16-14-21(17-6-10-19(11-7-17)23(2)3)25-22(15-16)18-8-12-20(13-9-18)24(4)5/h16-22H,6-15H2,1-5H3. The van der Waals surface area contributed by atoms with Crippen LogP contribution in [0, 0.1) is 17.8 Å². The summed E-state index contributed by atoms with van der Waals surface area (Å²) in [5.41, 5.74) is 0. The molecular weight excluding hydrogens is 308 g/mol. The van der Waals surface area contributed by atoms with Crippen molar-refractivity contribution in [3.05, 3.63) is 0 Å². The molecule has 2 atom stereocenters. The maximum atomic E-state index is 6.80. The first-order valence-corrected chi connectivity index (χ1v) is 10.9. The van der Waals surface area contributed by atoms with Crippen molar-refractivity contribution in [2.24, 2.45) is 17.8 Å². The molecule has 1 saturated heterocycles. The third-order valence-electron chi connectivity index (χ3n) is 7.61. The van der Waals surface area contributed by atoms with Gasteiger partial charge in [-0.3, -0.25) is 0 Å². The van der Waals surface area contributed by atoms with Crippen LogP contribution in [0.2, 0.25) is 0 Å². The van der Waals surface area contributed by atoms with Gasteiger partial charge in [-0.05, 0) is 110 Å². The van der Waals surface area contributed by atoms with E-state index in [1.54, 1.807) is 0 Å². The van der Waals surface area contributed by atoms with Crippen LogP contribution in [0.15, 0.2) is 0 Å². The average Bonchev–Trinajstić information content (AvgIpc) is 2.61. The molecule has 3 rings (SSSR count). The summed E-state index contributed by atoms with van der Waals surface area (Å²) in [6.45, 7) is 2.47. The lowest BCUT2D eigenvalue weighted by Gasteiger charge is -2.45. The van der Waals surface area contributed by atoms with Gasteiger partial charge in [-0.25, -0.2) is 0 Å². The first-order chi connectivity index (χ1) is 11.9. The van der Waals surface area contributed by atoms with Crippen LogP contribution in [-0.4, -0.2) is 62.3 Å². The molecule has 146 valence electrons. The van der Waals surface area contributed by atoms with E-state index in [4.69, 9.17) is 4.74 Å². The molecule has 0 bridgehead atoms. The molecule has 0 aromatic carbocycles. The predicted molar refractivity (Wildman–Crippen MR) is 106 cm³/mol. The van der Waals surface area contributed by atoms with Crippen LogP contribution in [0.4, 0.5) is 0 Å². The summed E-state index contributed by atoms with van der Waals surface area (Å²) in [7, 11) is 8.96. The minimum absolute atomic E-state index is 0.545. The Hall–Kier alpha value is -0.120. The number of hydrogen-bond acceptors (Lipinski definition) is 3. The van der Waals surface area contributed by atoms with Crippen molar-refractivity contribution in [2.75, 3.05) is 28.2 Å². The molecule has 3 nitrogen and oxygen atoms in total. The fourth-order valence-electron chi connectivity index (χ4n) is 5.81. The quantitative estimate of drug-likeness (QED) is 0.747. The van der Waals surface area contributed by atoms with Gasteiger partial charge in [-0.1, -0.05) is 6.92 Å². The summed E-state index contributed by atoms with van der Waals surface area (Å²) >= 11 is 0. The molecule has 0 spiro atoms. The Morgan fingerprint density at radius 3 is 1.28 bits per heavy atom. The Morgan fingerprint density at radius 1 is 0.600 bits per heavy atom. The van der Waals surface area contributed by atoms with Gasteiger partial charge in [0.1, 0.15) is 0 Å². The molecule has 0 N–H and O–H groups in total. The van der Waals surface area contributed by atoms with Crippen molar-refractivity contribution in [1.82, 2.24) is 9.80 Å². The largest absolute Gasteiger partial charge is 0.374 e. The summed E-state index contributed by atoms with van der Waals surface area (Å²) in [5.74, 6) is 2.49. The van der Waals surface area contributed by atoms with Gasteiger partial charge in [-0.2, -0.15) is 0 Å². The van der Waals surface area contributed by atoms with Gasteiger partial charge >= 0.3 is 0 Å². The molecule has 2 aliphatic carbocycles. The number of hydrogen-bond donors (Lipinski definition) is 0. The SMILES string of the molecule is CC1CC(C2CCC(N(C)C)CC2)OC(C2CCC(N(C)C)CC2)C1. The van der Waals surface area contributed by atoms with Crippen LogP contribution in [0.5, 0.6) is 0 Å². The maximum absolute atomic E-state index is 6.80. The predicted octanol–water partition coefficient (Wildman–Crippen LogP) is 4.41. The van der Waals surface area contributed by atoms with E-state index in [0.29, 0.717) is 12.2 Å². The van der Waals surface area contributed by atoms with Gasteiger partial charge in [-0.15, -0.1) is 0 Å². The summed E-state index contributed by atoms with van der Waals surface area (Å²) in [6.07, 6.45) is 14.7. The van der Waals surface area contributed by atoms with E-state index in [1.807, 2.05) is 0 Å². The van der Waals surface area contributed by atoms with E-state index >= 15 is 0 Å². The molecule has 3 heteroatoms. The third kappa shape index (κ3) is 4.99. The van der Waals surface area contributed by atoms with Crippen LogP contribution < -0.4 is 0 Å². The van der Waals surface area contributed by atoms with Crippen molar-refractivity contribution < 1.29 is 4.74 Å². The third-order valence-corrected chi connectivity index (χ3v) is 7.61. The van der Waals surface area contributed by atoms with Crippen molar-refractivity contribution in [3.63, 3.8) is 0 Å². The molecular formula is C22H42N2O. The fourth-order valence-corrected chi connectivity index (χ4v) is 5.81. The topological polar surface area (TPSA) is 15.7 Å². The summed E-state index contributed by atoms with van der Waals surface area (Å²) in [5, 5.41) is 0. The summed E-state index contributed by atoms with van der Waals surface area (Å²) < 4.78 is 6.80. The molecule has 0 radical (unpaired) electrons. The lowest BCUT2D eigenvalue weighted by Crippen LogP contribution is -2.44. The number of nitrogens with zero attached hydrogens (tertiary/aromatic N) is 2. The van der Waals surface area contributed by atoms with Gasteiger partial charge < -0.3 is 14.5 Å². The number of ether oxygens (including phenoxy) is 1. The molecule has 0 aromatic heterocycles. The van der Waals surface area contributed by atoms with E-state index in [0.717, 1.165) is 29.8 Å². The molecule has 2 unspecified atom stereocenters. The smallest absolute Gasteiger partial charge is 0.0609 e. The molecule has 1 aliphatic heterocycles. The van der Waals surface area contributed by atoms with Gasteiger partial charge in [0.15, 0.2) is 0 Å².